The van der Waals surface area contributed by atoms with Gasteiger partial charge in [0.15, 0.2) is 0 Å². The fraction of sp³-hybridized carbons (Fsp3) is 0.905. The van der Waals surface area contributed by atoms with Crippen LogP contribution in [-0.4, -0.2) is 47.4 Å². The standard InChI is InChI=1S/C63H121NO5/c1-3-5-7-9-11-13-15-16-17-26-30-33-37-41-45-49-53-57-63(68)69-58-54-50-46-42-38-34-31-28-25-23-21-19-18-20-22-24-27-29-32-36-40-44-48-52-56-62(67)64-60(59-65)61(66)55-51-47-43-39-35-14-12-10-8-6-4-2/h16-17,51,55,60-61,65-66H,3-15,18-50,52-54,56-59H2,1-2H3,(H,64,67)/b17-16-,55-51+. The number of allylic oxidation sites excluding steroid dienone is 3. The quantitative estimate of drug-likeness (QED) is 0.0321. The molecule has 69 heavy (non-hydrogen) atoms. The molecule has 0 heterocycles. The van der Waals surface area contributed by atoms with E-state index in [4.69, 9.17) is 4.74 Å². The molecule has 2 unspecified atom stereocenters. The zero-order valence-corrected chi connectivity index (χ0v) is 46.6. The molecule has 0 saturated carbocycles. The van der Waals surface area contributed by atoms with Crippen molar-refractivity contribution in [2.75, 3.05) is 13.2 Å². The van der Waals surface area contributed by atoms with Crippen LogP contribution < -0.4 is 5.32 Å². The molecule has 0 rings (SSSR count). The predicted octanol–water partition coefficient (Wildman–Crippen LogP) is 19.4. The van der Waals surface area contributed by atoms with Gasteiger partial charge in [-0.25, -0.2) is 0 Å². The van der Waals surface area contributed by atoms with Gasteiger partial charge < -0.3 is 20.3 Å². The number of esters is 1. The molecule has 6 nitrogen and oxygen atoms in total. The number of unbranched alkanes of at least 4 members (excludes halogenated alkanes) is 45. The van der Waals surface area contributed by atoms with Crippen molar-refractivity contribution in [3.8, 4) is 0 Å². The van der Waals surface area contributed by atoms with Crippen LogP contribution in [0.4, 0.5) is 0 Å². The molecule has 0 aliphatic heterocycles. The molecule has 0 saturated heterocycles. The first-order chi connectivity index (χ1) is 34.0. The number of amides is 1. The van der Waals surface area contributed by atoms with Gasteiger partial charge in [-0.05, 0) is 57.8 Å². The van der Waals surface area contributed by atoms with Crippen molar-refractivity contribution in [1.82, 2.24) is 5.32 Å². The Labute approximate surface area is 431 Å². The Morgan fingerprint density at radius 2 is 0.681 bits per heavy atom. The largest absolute Gasteiger partial charge is 0.466 e. The first-order valence-electron chi connectivity index (χ1n) is 31.1. The van der Waals surface area contributed by atoms with Crippen LogP contribution in [0.5, 0.6) is 0 Å². The van der Waals surface area contributed by atoms with Crippen molar-refractivity contribution in [1.29, 1.82) is 0 Å². The van der Waals surface area contributed by atoms with Gasteiger partial charge in [0.05, 0.1) is 25.4 Å². The van der Waals surface area contributed by atoms with Gasteiger partial charge in [0, 0.05) is 12.8 Å². The summed E-state index contributed by atoms with van der Waals surface area (Å²) in [5, 5.41) is 23.0. The summed E-state index contributed by atoms with van der Waals surface area (Å²) in [6.07, 6.45) is 72.3. The molecule has 0 fully saturated rings. The fourth-order valence-electron chi connectivity index (χ4n) is 9.69. The number of aliphatic hydroxyl groups excluding tert-OH is 2. The van der Waals surface area contributed by atoms with E-state index in [1.165, 1.54) is 270 Å². The molecule has 0 aromatic rings. The lowest BCUT2D eigenvalue weighted by Crippen LogP contribution is -2.45. The summed E-state index contributed by atoms with van der Waals surface area (Å²) >= 11 is 0. The molecule has 0 bridgehead atoms. The zero-order valence-electron chi connectivity index (χ0n) is 46.6. The number of hydrogen-bond acceptors (Lipinski definition) is 5. The van der Waals surface area contributed by atoms with E-state index in [0.717, 1.165) is 44.9 Å². The second-order valence-electron chi connectivity index (χ2n) is 21.4. The summed E-state index contributed by atoms with van der Waals surface area (Å²) in [5.74, 6) is -0.0553. The van der Waals surface area contributed by atoms with Crippen LogP contribution in [-0.2, 0) is 14.3 Å². The van der Waals surface area contributed by atoms with Crippen LogP contribution in [0.1, 0.15) is 341 Å². The van der Waals surface area contributed by atoms with Crippen LogP contribution in [0.2, 0.25) is 0 Å². The third kappa shape index (κ3) is 55.5. The Balaban J connectivity index is 3.35. The average Bonchev–Trinajstić information content (AvgIpc) is 3.35. The summed E-state index contributed by atoms with van der Waals surface area (Å²) < 4.78 is 5.49. The van der Waals surface area contributed by atoms with E-state index in [1.54, 1.807) is 6.08 Å². The molecule has 0 aromatic heterocycles. The number of carbonyl (C=O) groups is 2. The number of ether oxygens (including phenoxy) is 1. The van der Waals surface area contributed by atoms with Crippen LogP contribution >= 0.6 is 0 Å². The maximum atomic E-state index is 12.4. The summed E-state index contributed by atoms with van der Waals surface area (Å²) in [5.41, 5.74) is 0. The third-order valence-electron chi connectivity index (χ3n) is 14.5. The van der Waals surface area contributed by atoms with Crippen LogP contribution in [0, 0.1) is 0 Å². The van der Waals surface area contributed by atoms with Crippen molar-refractivity contribution >= 4 is 11.9 Å². The van der Waals surface area contributed by atoms with E-state index in [-0.39, 0.29) is 18.5 Å². The molecule has 0 aliphatic carbocycles. The SMILES string of the molecule is CCCCCCCC/C=C\CCCCCCCCCC(=O)OCCCCCCCCCCCCCCCCCCCCCCCCCCC(=O)NC(CO)C(O)/C=C/CCCCCCCCCCC. The van der Waals surface area contributed by atoms with Crippen LogP contribution in [0.25, 0.3) is 0 Å². The lowest BCUT2D eigenvalue weighted by Gasteiger charge is -2.20. The smallest absolute Gasteiger partial charge is 0.305 e. The summed E-state index contributed by atoms with van der Waals surface area (Å²) in [7, 11) is 0. The lowest BCUT2D eigenvalue weighted by atomic mass is 10.0. The molecular formula is C63H121NO5. The molecular weight excluding hydrogens is 851 g/mol. The number of rotatable bonds is 58. The Morgan fingerprint density at radius 3 is 1.03 bits per heavy atom. The number of aliphatic hydroxyl groups is 2. The Morgan fingerprint density at radius 1 is 0.391 bits per heavy atom. The maximum Gasteiger partial charge on any atom is 0.305 e. The molecule has 0 radical (unpaired) electrons. The average molecular weight is 973 g/mol. The lowest BCUT2D eigenvalue weighted by molar-refractivity contribution is -0.143. The molecule has 6 heteroatoms. The van der Waals surface area contributed by atoms with Gasteiger partial charge in [0.25, 0.3) is 0 Å². The van der Waals surface area contributed by atoms with Crippen molar-refractivity contribution in [3.05, 3.63) is 24.3 Å². The second kappa shape index (κ2) is 58.9. The number of nitrogens with one attached hydrogen (secondary N) is 1. The van der Waals surface area contributed by atoms with Gasteiger partial charge in [0.1, 0.15) is 0 Å². The van der Waals surface area contributed by atoms with Gasteiger partial charge in [0.2, 0.25) is 5.91 Å². The summed E-state index contributed by atoms with van der Waals surface area (Å²) in [6, 6.07) is -0.625. The Hall–Kier alpha value is -1.66. The van der Waals surface area contributed by atoms with E-state index in [0.29, 0.717) is 19.4 Å². The van der Waals surface area contributed by atoms with Crippen molar-refractivity contribution in [3.63, 3.8) is 0 Å². The maximum absolute atomic E-state index is 12.4. The first kappa shape index (κ1) is 67.3. The second-order valence-corrected chi connectivity index (χ2v) is 21.4. The van der Waals surface area contributed by atoms with Crippen molar-refractivity contribution in [2.24, 2.45) is 0 Å². The van der Waals surface area contributed by atoms with Gasteiger partial charge >= 0.3 is 5.97 Å². The third-order valence-corrected chi connectivity index (χ3v) is 14.5. The minimum absolute atomic E-state index is 0.0118. The first-order valence-corrected chi connectivity index (χ1v) is 31.1. The Bertz CT molecular complexity index is 1080. The van der Waals surface area contributed by atoms with Gasteiger partial charge in [-0.1, -0.05) is 295 Å². The molecule has 1 amide bonds. The number of hydrogen-bond donors (Lipinski definition) is 3. The molecule has 0 aliphatic rings. The molecule has 3 N–H and O–H groups in total. The molecule has 0 spiro atoms. The number of carbonyl (C=O) groups excluding carboxylic acids is 2. The van der Waals surface area contributed by atoms with E-state index < -0.39 is 12.1 Å². The predicted molar refractivity (Wildman–Crippen MR) is 301 cm³/mol. The van der Waals surface area contributed by atoms with Crippen molar-refractivity contribution < 1.29 is 24.5 Å². The normalized spacial score (nSPS) is 12.7. The summed E-state index contributed by atoms with van der Waals surface area (Å²) in [6.45, 7) is 4.90. The van der Waals surface area contributed by atoms with Crippen LogP contribution in [0.15, 0.2) is 24.3 Å². The minimum Gasteiger partial charge on any atom is -0.466 e. The zero-order chi connectivity index (χ0) is 50.0. The molecule has 408 valence electrons. The van der Waals surface area contributed by atoms with Crippen molar-refractivity contribution in [2.45, 2.75) is 353 Å². The van der Waals surface area contributed by atoms with E-state index in [9.17, 15) is 19.8 Å². The van der Waals surface area contributed by atoms with E-state index in [2.05, 4.69) is 31.3 Å². The highest BCUT2D eigenvalue weighted by atomic mass is 16.5. The molecule has 0 aromatic carbocycles. The van der Waals surface area contributed by atoms with Gasteiger partial charge in [-0.2, -0.15) is 0 Å². The van der Waals surface area contributed by atoms with Gasteiger partial charge in [-0.3, -0.25) is 9.59 Å². The highest BCUT2D eigenvalue weighted by molar-refractivity contribution is 5.76. The fourth-order valence-corrected chi connectivity index (χ4v) is 9.69. The van der Waals surface area contributed by atoms with Crippen LogP contribution in [0.3, 0.4) is 0 Å². The topological polar surface area (TPSA) is 95.9 Å². The van der Waals surface area contributed by atoms with Gasteiger partial charge in [-0.15, -0.1) is 0 Å². The highest BCUT2D eigenvalue weighted by Gasteiger charge is 2.18. The summed E-state index contributed by atoms with van der Waals surface area (Å²) in [4.78, 5) is 24.5. The highest BCUT2D eigenvalue weighted by Crippen LogP contribution is 2.18. The van der Waals surface area contributed by atoms with E-state index in [1.807, 2.05) is 6.08 Å². The Kier molecular flexibility index (Phi) is 57.5. The molecule has 2 atom stereocenters. The minimum atomic E-state index is -0.842. The monoisotopic (exact) mass is 972 g/mol. The van der Waals surface area contributed by atoms with E-state index >= 15 is 0 Å².